The Labute approximate surface area is 144 Å². The topological polar surface area (TPSA) is 38.2 Å². The highest BCUT2D eigenvalue weighted by atomic mass is 16.5. The third-order valence-corrected chi connectivity index (χ3v) is 4.52. The average molecular weight is 325 g/mol. The Bertz CT molecular complexity index is 638. The van der Waals surface area contributed by atoms with Crippen LogP contribution >= 0.6 is 0 Å². The molecule has 0 aromatic carbocycles. The Hall–Kier alpha value is -1.78. The number of likely N-dealkylation sites (tertiary alicyclic amines) is 1. The first-order valence-corrected chi connectivity index (χ1v) is 9.02. The van der Waals surface area contributed by atoms with Crippen LogP contribution < -0.4 is 0 Å². The molecule has 4 heteroatoms. The molecule has 2 aromatic heterocycles. The molecule has 0 amide bonds. The van der Waals surface area contributed by atoms with Gasteiger partial charge in [0.05, 0.1) is 18.9 Å². The molecule has 24 heavy (non-hydrogen) atoms. The van der Waals surface area contributed by atoms with Crippen LogP contribution in [0.5, 0.6) is 0 Å². The van der Waals surface area contributed by atoms with Crippen LogP contribution in [0, 0.1) is 0 Å². The Morgan fingerprint density at radius 3 is 2.75 bits per heavy atom. The summed E-state index contributed by atoms with van der Waals surface area (Å²) in [6, 6.07) is 10.4. The molecule has 2 aromatic rings. The minimum Gasteiger partial charge on any atom is -0.374 e. The number of ether oxygens (including phenoxy) is 1. The van der Waals surface area contributed by atoms with Gasteiger partial charge in [0.1, 0.15) is 0 Å². The number of aryl methyl sites for hydroxylation is 1. The molecule has 3 heterocycles. The van der Waals surface area contributed by atoms with Crippen molar-refractivity contribution in [3.05, 3.63) is 59.2 Å². The fraction of sp³-hybridized carbons (Fsp3) is 0.500. The van der Waals surface area contributed by atoms with Gasteiger partial charge in [0, 0.05) is 30.6 Å². The Balaban J connectivity index is 1.49. The maximum absolute atomic E-state index is 5.80. The molecule has 0 N–H and O–H groups in total. The van der Waals surface area contributed by atoms with Gasteiger partial charge < -0.3 is 9.64 Å². The van der Waals surface area contributed by atoms with Crippen LogP contribution in [-0.4, -0.2) is 41.1 Å². The molecule has 128 valence electrons. The van der Waals surface area contributed by atoms with E-state index in [2.05, 4.69) is 41.1 Å². The molecule has 0 spiro atoms. The zero-order valence-corrected chi connectivity index (χ0v) is 14.6. The number of nitrogens with zero attached hydrogens (tertiary/aromatic N) is 3. The summed E-state index contributed by atoms with van der Waals surface area (Å²) in [5.41, 5.74) is 4.45. The predicted octanol–water partition coefficient (Wildman–Crippen LogP) is 3.24. The Kier molecular flexibility index (Phi) is 6.33. The highest BCUT2D eigenvalue weighted by molar-refractivity contribution is 5.21. The summed E-state index contributed by atoms with van der Waals surface area (Å²) in [6.45, 7) is 7.02. The molecule has 0 unspecified atom stereocenters. The first-order valence-electron chi connectivity index (χ1n) is 9.02. The highest BCUT2D eigenvalue weighted by Gasteiger charge is 2.10. The second kappa shape index (κ2) is 8.90. The van der Waals surface area contributed by atoms with Crippen LogP contribution in [0.15, 0.2) is 36.5 Å². The standard InChI is InChI=1S/C20H27N3O/c1-2-17-8-9-21-20(14-17)15-18-6-5-7-19(22-18)16-24-13-12-23-10-3-4-11-23/h5-9,14H,2-4,10-13,15-16H2,1H3. The molecule has 1 aliphatic heterocycles. The van der Waals surface area contributed by atoms with Crippen LogP contribution in [-0.2, 0) is 24.2 Å². The van der Waals surface area contributed by atoms with Gasteiger partial charge >= 0.3 is 0 Å². The van der Waals surface area contributed by atoms with Crippen LogP contribution in [0.25, 0.3) is 0 Å². The fourth-order valence-corrected chi connectivity index (χ4v) is 3.11. The van der Waals surface area contributed by atoms with Gasteiger partial charge in [0.25, 0.3) is 0 Å². The quantitative estimate of drug-likeness (QED) is 0.698. The summed E-state index contributed by atoms with van der Waals surface area (Å²) in [5, 5.41) is 0. The largest absolute Gasteiger partial charge is 0.374 e. The van der Waals surface area contributed by atoms with E-state index in [0.29, 0.717) is 6.61 Å². The first-order chi connectivity index (χ1) is 11.8. The third kappa shape index (κ3) is 5.11. The van der Waals surface area contributed by atoms with Crippen molar-refractivity contribution in [2.45, 2.75) is 39.2 Å². The van der Waals surface area contributed by atoms with E-state index in [9.17, 15) is 0 Å². The van der Waals surface area contributed by atoms with Gasteiger partial charge in [-0.25, -0.2) is 0 Å². The molecule has 0 aliphatic carbocycles. The zero-order chi connectivity index (χ0) is 16.6. The summed E-state index contributed by atoms with van der Waals surface area (Å²) >= 11 is 0. The fourth-order valence-electron chi connectivity index (χ4n) is 3.11. The lowest BCUT2D eigenvalue weighted by Gasteiger charge is -2.14. The minimum absolute atomic E-state index is 0.587. The van der Waals surface area contributed by atoms with Crippen LogP contribution in [0.1, 0.15) is 42.4 Å². The maximum Gasteiger partial charge on any atom is 0.0888 e. The van der Waals surface area contributed by atoms with Gasteiger partial charge in [-0.05, 0) is 62.2 Å². The molecule has 1 saturated heterocycles. The molecule has 0 saturated carbocycles. The van der Waals surface area contributed by atoms with Crippen LogP contribution in [0.4, 0.5) is 0 Å². The van der Waals surface area contributed by atoms with Crippen molar-refractivity contribution in [3.63, 3.8) is 0 Å². The first kappa shape index (κ1) is 17.1. The molecule has 0 atom stereocenters. The summed E-state index contributed by atoms with van der Waals surface area (Å²) in [6.07, 6.45) is 6.36. The van der Waals surface area contributed by atoms with Crippen LogP contribution in [0.2, 0.25) is 0 Å². The SMILES string of the molecule is CCc1ccnc(Cc2cccc(COCCN3CCCC3)n2)c1. The summed E-state index contributed by atoms with van der Waals surface area (Å²) in [5.74, 6) is 0. The maximum atomic E-state index is 5.80. The average Bonchev–Trinajstić information content (AvgIpc) is 3.13. The summed E-state index contributed by atoms with van der Waals surface area (Å²) in [4.78, 5) is 11.6. The van der Waals surface area contributed by atoms with E-state index < -0.39 is 0 Å². The monoisotopic (exact) mass is 325 g/mol. The lowest BCUT2D eigenvalue weighted by atomic mass is 10.1. The van der Waals surface area contributed by atoms with Crippen molar-refractivity contribution >= 4 is 0 Å². The number of rotatable bonds is 8. The van der Waals surface area contributed by atoms with Gasteiger partial charge in [0.15, 0.2) is 0 Å². The van der Waals surface area contributed by atoms with Crippen molar-refractivity contribution in [3.8, 4) is 0 Å². The predicted molar refractivity (Wildman–Crippen MR) is 96.0 cm³/mol. The molecule has 1 aliphatic rings. The minimum atomic E-state index is 0.587. The Morgan fingerprint density at radius 1 is 1.08 bits per heavy atom. The number of aromatic nitrogens is 2. The number of pyridine rings is 2. The van der Waals surface area contributed by atoms with E-state index in [1.165, 1.54) is 31.5 Å². The highest BCUT2D eigenvalue weighted by Crippen LogP contribution is 2.10. The second-order valence-corrected chi connectivity index (χ2v) is 6.41. The van der Waals surface area contributed by atoms with E-state index in [4.69, 9.17) is 9.72 Å². The molecular formula is C20H27N3O. The van der Waals surface area contributed by atoms with Gasteiger partial charge in [-0.1, -0.05) is 13.0 Å². The normalized spacial score (nSPS) is 15.0. The van der Waals surface area contributed by atoms with Crippen molar-refractivity contribution in [1.82, 2.24) is 14.9 Å². The van der Waals surface area contributed by atoms with E-state index in [1.54, 1.807) is 0 Å². The van der Waals surface area contributed by atoms with E-state index in [1.807, 2.05) is 12.3 Å². The number of hydrogen-bond acceptors (Lipinski definition) is 4. The van der Waals surface area contributed by atoms with E-state index in [-0.39, 0.29) is 0 Å². The molecule has 0 radical (unpaired) electrons. The zero-order valence-electron chi connectivity index (χ0n) is 14.6. The summed E-state index contributed by atoms with van der Waals surface area (Å²) < 4.78 is 5.80. The van der Waals surface area contributed by atoms with E-state index >= 15 is 0 Å². The lowest BCUT2D eigenvalue weighted by Crippen LogP contribution is -2.24. The van der Waals surface area contributed by atoms with Gasteiger partial charge in [-0.15, -0.1) is 0 Å². The molecule has 1 fully saturated rings. The molecule has 0 bridgehead atoms. The summed E-state index contributed by atoms with van der Waals surface area (Å²) in [7, 11) is 0. The van der Waals surface area contributed by atoms with Crippen molar-refractivity contribution in [2.24, 2.45) is 0 Å². The van der Waals surface area contributed by atoms with Gasteiger partial charge in [0.2, 0.25) is 0 Å². The Morgan fingerprint density at radius 2 is 1.92 bits per heavy atom. The smallest absolute Gasteiger partial charge is 0.0888 e. The molecule has 3 rings (SSSR count). The van der Waals surface area contributed by atoms with Crippen molar-refractivity contribution in [1.29, 1.82) is 0 Å². The molecular weight excluding hydrogens is 298 g/mol. The number of hydrogen-bond donors (Lipinski definition) is 0. The van der Waals surface area contributed by atoms with Gasteiger partial charge in [-0.2, -0.15) is 0 Å². The van der Waals surface area contributed by atoms with Gasteiger partial charge in [-0.3, -0.25) is 9.97 Å². The lowest BCUT2D eigenvalue weighted by molar-refractivity contribution is 0.0970. The second-order valence-electron chi connectivity index (χ2n) is 6.41. The third-order valence-electron chi connectivity index (χ3n) is 4.52. The van der Waals surface area contributed by atoms with Crippen molar-refractivity contribution < 1.29 is 4.74 Å². The molecule has 4 nitrogen and oxygen atoms in total. The van der Waals surface area contributed by atoms with Crippen LogP contribution in [0.3, 0.4) is 0 Å². The van der Waals surface area contributed by atoms with Crippen molar-refractivity contribution in [2.75, 3.05) is 26.2 Å². The van der Waals surface area contributed by atoms with E-state index in [0.717, 1.165) is 43.1 Å².